The number of aromatic nitrogens is 2. The fourth-order valence-corrected chi connectivity index (χ4v) is 2.20. The maximum atomic E-state index is 14.0. The molecule has 1 aromatic carbocycles. The molecule has 9 heteroatoms. The Morgan fingerprint density at radius 3 is 2.46 bits per heavy atom. The van der Waals surface area contributed by atoms with Crippen molar-refractivity contribution in [2.45, 2.75) is 0 Å². The summed E-state index contributed by atoms with van der Waals surface area (Å²) in [6.07, 6.45) is 1.67. The molecule has 0 aliphatic carbocycles. The largest absolute Gasteiger partial charge is 0.477 e. The van der Waals surface area contributed by atoms with Crippen LogP contribution in [0.5, 0.6) is 0 Å². The number of pyridine rings is 2. The van der Waals surface area contributed by atoms with Crippen molar-refractivity contribution in [3.63, 3.8) is 0 Å². The van der Waals surface area contributed by atoms with Gasteiger partial charge in [-0.2, -0.15) is 0 Å². The molecule has 3 rings (SSSR count). The molecule has 5 nitrogen and oxygen atoms in total. The summed E-state index contributed by atoms with van der Waals surface area (Å²) in [5, 5.41) is 8.77. The highest BCUT2D eigenvalue weighted by Crippen LogP contribution is 2.20. The molecule has 0 aliphatic heterocycles. The van der Waals surface area contributed by atoms with Gasteiger partial charge in [0.15, 0.2) is 0 Å². The molecule has 2 heterocycles. The average molecular weight is 357 g/mol. The van der Waals surface area contributed by atoms with Crippen LogP contribution < -0.4 is 5.43 Å². The van der Waals surface area contributed by atoms with Gasteiger partial charge >= 0.3 is 5.97 Å². The van der Waals surface area contributed by atoms with Crippen molar-refractivity contribution in [3.8, 4) is 5.69 Å². The van der Waals surface area contributed by atoms with Crippen LogP contribution in [-0.2, 0) is 0 Å². The maximum absolute atomic E-state index is 14.0. The van der Waals surface area contributed by atoms with Gasteiger partial charge in [-0.1, -0.05) is 0 Å². The summed E-state index contributed by atoms with van der Waals surface area (Å²) < 4.78 is 41.3. The number of halogens is 4. The Bertz CT molecular complexity index is 1020. The number of carboxylic acid groups (broad SMARTS) is 1. The van der Waals surface area contributed by atoms with E-state index in [1.807, 2.05) is 0 Å². The number of rotatable bonds is 2. The quantitative estimate of drug-likeness (QED) is 0.766. The van der Waals surface area contributed by atoms with E-state index in [4.69, 9.17) is 5.11 Å². The molecule has 0 saturated heterocycles. The normalized spacial score (nSPS) is 10.5. The Balaban J connectivity index is 0.00000208. The summed E-state index contributed by atoms with van der Waals surface area (Å²) in [6.45, 7) is 0. The predicted molar refractivity (Wildman–Crippen MR) is 81.4 cm³/mol. The molecule has 1 N–H and O–H groups in total. The highest BCUT2D eigenvalue weighted by Gasteiger charge is 2.18. The third-order valence-corrected chi connectivity index (χ3v) is 3.21. The molecule has 0 saturated carbocycles. The second-order valence-corrected chi connectivity index (χ2v) is 4.67. The van der Waals surface area contributed by atoms with E-state index in [1.54, 1.807) is 0 Å². The molecule has 0 atom stereocenters. The zero-order chi connectivity index (χ0) is 16.7. The van der Waals surface area contributed by atoms with Gasteiger partial charge in [-0.15, -0.1) is 12.4 Å². The number of carboxylic acids is 1. The highest BCUT2D eigenvalue weighted by atomic mass is 35.5. The SMILES string of the molecule is Cl.O=C(O)c1cn(-c2ccc(F)cc2F)c2ncc(F)cc2c1=O. The smallest absolute Gasteiger partial charge is 0.341 e. The number of fused-ring (bicyclic) bond motifs is 1. The van der Waals surface area contributed by atoms with Crippen LogP contribution in [0.15, 0.2) is 41.5 Å². The van der Waals surface area contributed by atoms with E-state index >= 15 is 0 Å². The monoisotopic (exact) mass is 356 g/mol. The van der Waals surface area contributed by atoms with Crippen LogP contribution in [0.4, 0.5) is 13.2 Å². The van der Waals surface area contributed by atoms with Gasteiger partial charge in [-0.25, -0.2) is 22.9 Å². The maximum Gasteiger partial charge on any atom is 0.341 e. The predicted octanol–water partition coefficient (Wildman–Crippen LogP) is 2.92. The van der Waals surface area contributed by atoms with E-state index in [0.29, 0.717) is 6.07 Å². The van der Waals surface area contributed by atoms with E-state index in [0.717, 1.165) is 35.2 Å². The fraction of sp³-hybridized carbons (Fsp3) is 0. The minimum atomic E-state index is -1.56. The third kappa shape index (κ3) is 2.83. The second kappa shape index (κ2) is 6.32. The molecular weight excluding hydrogens is 349 g/mol. The zero-order valence-corrected chi connectivity index (χ0v) is 12.5. The summed E-state index contributed by atoms with van der Waals surface area (Å²) in [5.74, 6) is -4.22. The molecular formula is C15H8ClF3N2O3. The van der Waals surface area contributed by atoms with Crippen molar-refractivity contribution in [2.75, 3.05) is 0 Å². The number of carbonyl (C=O) groups is 1. The molecule has 124 valence electrons. The van der Waals surface area contributed by atoms with Crippen molar-refractivity contribution >= 4 is 29.4 Å². The van der Waals surface area contributed by atoms with Gasteiger partial charge in [-0.3, -0.25) is 9.36 Å². The molecule has 2 aromatic heterocycles. The average Bonchev–Trinajstić information content (AvgIpc) is 2.48. The van der Waals surface area contributed by atoms with E-state index in [-0.39, 0.29) is 29.1 Å². The van der Waals surface area contributed by atoms with Crippen molar-refractivity contribution < 1.29 is 23.1 Å². The van der Waals surface area contributed by atoms with Crippen molar-refractivity contribution in [2.24, 2.45) is 0 Å². The van der Waals surface area contributed by atoms with Gasteiger partial charge in [0, 0.05) is 12.3 Å². The summed E-state index contributed by atoms with van der Waals surface area (Å²) in [4.78, 5) is 27.0. The van der Waals surface area contributed by atoms with Crippen LogP contribution in [0.3, 0.4) is 0 Å². The summed E-state index contributed by atoms with van der Waals surface area (Å²) in [7, 11) is 0. The standard InChI is InChI=1S/C15H7F3N2O3.ClH/c16-7-1-2-12(11(18)4-7)20-6-10(15(22)23)13(21)9-3-8(17)5-19-14(9)20;/h1-6H,(H,22,23);1H. The van der Waals surface area contributed by atoms with Crippen LogP contribution in [-0.4, -0.2) is 20.6 Å². The van der Waals surface area contributed by atoms with Crippen LogP contribution in [0.2, 0.25) is 0 Å². The first kappa shape index (κ1) is 17.5. The van der Waals surface area contributed by atoms with Gasteiger partial charge in [0.25, 0.3) is 0 Å². The highest BCUT2D eigenvalue weighted by molar-refractivity contribution is 5.92. The summed E-state index contributed by atoms with van der Waals surface area (Å²) in [6, 6.07) is 3.44. The van der Waals surface area contributed by atoms with Gasteiger partial charge in [0.05, 0.1) is 17.3 Å². The Morgan fingerprint density at radius 1 is 1.12 bits per heavy atom. The van der Waals surface area contributed by atoms with E-state index in [9.17, 15) is 22.8 Å². The Hall–Kier alpha value is -2.87. The molecule has 3 aromatic rings. The molecule has 24 heavy (non-hydrogen) atoms. The number of benzene rings is 1. The van der Waals surface area contributed by atoms with Crippen molar-refractivity contribution in [3.05, 3.63) is 69.9 Å². The lowest BCUT2D eigenvalue weighted by atomic mass is 10.1. The molecule has 0 spiro atoms. The summed E-state index contributed by atoms with van der Waals surface area (Å²) in [5.41, 5.74) is -2.00. The number of aromatic carboxylic acids is 1. The third-order valence-electron chi connectivity index (χ3n) is 3.21. The van der Waals surface area contributed by atoms with Gasteiger partial charge in [-0.05, 0) is 18.2 Å². The Labute approximate surface area is 138 Å². The van der Waals surface area contributed by atoms with Crippen LogP contribution in [0.25, 0.3) is 16.7 Å². The van der Waals surface area contributed by atoms with Crippen LogP contribution in [0, 0.1) is 17.5 Å². The fourth-order valence-electron chi connectivity index (χ4n) is 2.20. The topological polar surface area (TPSA) is 72.2 Å². The molecule has 0 bridgehead atoms. The molecule has 0 amide bonds. The molecule has 0 unspecified atom stereocenters. The Morgan fingerprint density at radius 2 is 1.83 bits per heavy atom. The van der Waals surface area contributed by atoms with Crippen LogP contribution in [0.1, 0.15) is 10.4 Å². The lowest BCUT2D eigenvalue weighted by molar-refractivity contribution is 0.0695. The minimum Gasteiger partial charge on any atom is -0.477 e. The first-order chi connectivity index (χ1) is 10.9. The molecule has 0 radical (unpaired) electrons. The van der Waals surface area contributed by atoms with E-state index in [1.165, 1.54) is 0 Å². The Kier molecular flexibility index (Phi) is 4.61. The number of hydrogen-bond donors (Lipinski definition) is 1. The van der Waals surface area contributed by atoms with Gasteiger partial charge in [0.2, 0.25) is 5.43 Å². The van der Waals surface area contributed by atoms with Crippen molar-refractivity contribution in [1.82, 2.24) is 9.55 Å². The lowest BCUT2D eigenvalue weighted by Gasteiger charge is -2.12. The molecule has 0 aliphatic rings. The number of hydrogen-bond acceptors (Lipinski definition) is 3. The van der Waals surface area contributed by atoms with E-state index in [2.05, 4.69) is 4.98 Å². The number of nitrogens with zero attached hydrogens (tertiary/aromatic N) is 2. The summed E-state index contributed by atoms with van der Waals surface area (Å²) >= 11 is 0. The van der Waals surface area contributed by atoms with E-state index < -0.39 is 34.4 Å². The first-order valence-corrected chi connectivity index (χ1v) is 6.28. The van der Waals surface area contributed by atoms with Crippen LogP contribution >= 0.6 is 12.4 Å². The van der Waals surface area contributed by atoms with Gasteiger partial charge in [0.1, 0.15) is 28.7 Å². The molecule has 0 fully saturated rings. The first-order valence-electron chi connectivity index (χ1n) is 6.28. The minimum absolute atomic E-state index is 0. The van der Waals surface area contributed by atoms with Crippen molar-refractivity contribution in [1.29, 1.82) is 0 Å². The second-order valence-electron chi connectivity index (χ2n) is 4.67. The van der Waals surface area contributed by atoms with Gasteiger partial charge < -0.3 is 5.11 Å². The lowest BCUT2D eigenvalue weighted by Crippen LogP contribution is -2.19. The zero-order valence-electron chi connectivity index (χ0n) is 11.7.